The van der Waals surface area contributed by atoms with Crippen LogP contribution in [0, 0.1) is 0 Å². The van der Waals surface area contributed by atoms with Crippen LogP contribution in [0.2, 0.25) is 0 Å². The third kappa shape index (κ3) is 3.17. The summed E-state index contributed by atoms with van der Waals surface area (Å²) < 4.78 is 0. The largest absolute Gasteiger partial charge is 0.363 e. The fraction of sp³-hybridized carbons (Fsp3) is 0.286. The second kappa shape index (κ2) is 6.31. The first kappa shape index (κ1) is 12.8. The maximum Gasteiger partial charge on any atom is 0.166 e. The van der Waals surface area contributed by atoms with E-state index in [9.17, 15) is 0 Å². The zero-order chi connectivity index (χ0) is 12.8. The average molecular weight is 259 g/mol. The van der Waals surface area contributed by atoms with E-state index in [1.165, 1.54) is 0 Å². The van der Waals surface area contributed by atoms with Crippen molar-refractivity contribution in [3.8, 4) is 0 Å². The Morgan fingerprint density at radius 3 is 2.89 bits per heavy atom. The first-order chi connectivity index (χ1) is 8.81. The molecule has 0 saturated heterocycles. The molecule has 0 aliphatic heterocycles. The van der Waals surface area contributed by atoms with Gasteiger partial charge in [0, 0.05) is 24.7 Å². The summed E-state index contributed by atoms with van der Waals surface area (Å²) in [6.07, 6.45) is 2.89. The first-order valence-electron chi connectivity index (χ1n) is 6.15. The SMILES string of the molecule is CCCNC(=S)NCc1cccc2cccnc12. The molecular weight excluding hydrogens is 242 g/mol. The number of fused-ring (bicyclic) bond motifs is 1. The van der Waals surface area contributed by atoms with Gasteiger partial charge in [-0.3, -0.25) is 4.98 Å². The molecule has 0 aliphatic carbocycles. The molecular formula is C14H17N3S. The maximum absolute atomic E-state index is 5.20. The Bertz CT molecular complexity index is 534. The van der Waals surface area contributed by atoms with Crippen molar-refractivity contribution >= 4 is 28.2 Å². The maximum atomic E-state index is 5.20. The first-order valence-corrected chi connectivity index (χ1v) is 6.56. The van der Waals surface area contributed by atoms with Crippen LogP contribution in [0.15, 0.2) is 36.5 Å². The average Bonchev–Trinajstić information content (AvgIpc) is 2.42. The van der Waals surface area contributed by atoms with Crippen molar-refractivity contribution in [2.75, 3.05) is 6.54 Å². The molecule has 3 nitrogen and oxygen atoms in total. The summed E-state index contributed by atoms with van der Waals surface area (Å²) in [5.41, 5.74) is 2.19. The fourth-order valence-electron chi connectivity index (χ4n) is 1.79. The highest BCUT2D eigenvalue weighted by atomic mass is 32.1. The Hall–Kier alpha value is -1.68. The lowest BCUT2D eigenvalue weighted by atomic mass is 10.1. The molecule has 1 aromatic carbocycles. The van der Waals surface area contributed by atoms with Gasteiger partial charge in [-0.2, -0.15) is 0 Å². The van der Waals surface area contributed by atoms with Gasteiger partial charge in [-0.1, -0.05) is 31.2 Å². The molecule has 2 aromatic rings. The predicted molar refractivity (Wildman–Crippen MR) is 79.5 cm³/mol. The van der Waals surface area contributed by atoms with E-state index in [2.05, 4.69) is 40.7 Å². The minimum atomic E-state index is 0.698. The molecule has 18 heavy (non-hydrogen) atoms. The lowest BCUT2D eigenvalue weighted by molar-refractivity contribution is 0.801. The Morgan fingerprint density at radius 1 is 1.22 bits per heavy atom. The Balaban J connectivity index is 2.05. The highest BCUT2D eigenvalue weighted by molar-refractivity contribution is 7.80. The number of benzene rings is 1. The molecule has 0 amide bonds. The Labute approximate surface area is 113 Å². The number of aromatic nitrogens is 1. The van der Waals surface area contributed by atoms with Crippen molar-refractivity contribution in [1.29, 1.82) is 0 Å². The van der Waals surface area contributed by atoms with Gasteiger partial charge in [-0.15, -0.1) is 0 Å². The smallest absolute Gasteiger partial charge is 0.166 e. The highest BCUT2D eigenvalue weighted by Crippen LogP contribution is 2.15. The van der Waals surface area contributed by atoms with E-state index in [1.54, 1.807) is 0 Å². The third-order valence-corrected chi connectivity index (χ3v) is 2.98. The highest BCUT2D eigenvalue weighted by Gasteiger charge is 2.02. The van der Waals surface area contributed by atoms with Crippen LogP contribution in [0.5, 0.6) is 0 Å². The van der Waals surface area contributed by atoms with Crippen LogP contribution in [0.25, 0.3) is 10.9 Å². The van der Waals surface area contributed by atoms with E-state index in [-0.39, 0.29) is 0 Å². The second-order valence-corrected chi connectivity index (χ2v) is 4.51. The van der Waals surface area contributed by atoms with E-state index >= 15 is 0 Å². The predicted octanol–water partition coefficient (Wildman–Crippen LogP) is 2.61. The molecule has 1 heterocycles. The Morgan fingerprint density at radius 2 is 2.06 bits per heavy atom. The van der Waals surface area contributed by atoms with Crippen LogP contribution in [-0.2, 0) is 6.54 Å². The quantitative estimate of drug-likeness (QED) is 0.828. The van der Waals surface area contributed by atoms with Gasteiger partial charge < -0.3 is 10.6 Å². The minimum absolute atomic E-state index is 0.698. The molecule has 0 spiro atoms. The summed E-state index contributed by atoms with van der Waals surface area (Å²) in [6, 6.07) is 10.2. The number of nitrogens with zero attached hydrogens (tertiary/aromatic N) is 1. The normalized spacial score (nSPS) is 10.3. The summed E-state index contributed by atoms with van der Waals surface area (Å²) in [4.78, 5) is 4.42. The molecule has 0 aliphatic rings. The summed E-state index contributed by atoms with van der Waals surface area (Å²) in [5.74, 6) is 0. The number of nitrogens with one attached hydrogen (secondary N) is 2. The number of hydrogen-bond donors (Lipinski definition) is 2. The van der Waals surface area contributed by atoms with E-state index in [1.807, 2.05) is 18.3 Å². The van der Waals surface area contributed by atoms with Crippen LogP contribution in [0.3, 0.4) is 0 Å². The molecule has 0 fully saturated rings. The summed E-state index contributed by atoms with van der Waals surface area (Å²) in [7, 11) is 0. The van der Waals surface area contributed by atoms with Crippen molar-refractivity contribution in [1.82, 2.24) is 15.6 Å². The molecule has 1 aromatic heterocycles. The molecule has 4 heteroatoms. The van der Waals surface area contributed by atoms with Crippen LogP contribution in [0.1, 0.15) is 18.9 Å². The third-order valence-electron chi connectivity index (χ3n) is 2.69. The van der Waals surface area contributed by atoms with Gasteiger partial charge in [0.1, 0.15) is 0 Å². The number of pyridine rings is 1. The number of para-hydroxylation sites is 1. The Kier molecular flexibility index (Phi) is 4.47. The van der Waals surface area contributed by atoms with E-state index in [0.29, 0.717) is 11.7 Å². The second-order valence-electron chi connectivity index (χ2n) is 4.10. The van der Waals surface area contributed by atoms with Gasteiger partial charge in [-0.05, 0) is 30.3 Å². The van der Waals surface area contributed by atoms with E-state index in [4.69, 9.17) is 12.2 Å². The molecule has 94 valence electrons. The van der Waals surface area contributed by atoms with Crippen molar-refractivity contribution in [3.63, 3.8) is 0 Å². The molecule has 0 saturated carbocycles. The number of rotatable bonds is 4. The van der Waals surface area contributed by atoms with Crippen LogP contribution in [0.4, 0.5) is 0 Å². The van der Waals surface area contributed by atoms with Gasteiger partial charge >= 0.3 is 0 Å². The van der Waals surface area contributed by atoms with Crippen LogP contribution >= 0.6 is 12.2 Å². The van der Waals surface area contributed by atoms with E-state index < -0.39 is 0 Å². The van der Waals surface area contributed by atoms with Gasteiger partial charge in [-0.25, -0.2) is 0 Å². The topological polar surface area (TPSA) is 37.0 Å². The molecule has 0 unspecified atom stereocenters. The number of hydrogen-bond acceptors (Lipinski definition) is 2. The molecule has 2 N–H and O–H groups in total. The van der Waals surface area contributed by atoms with Crippen molar-refractivity contribution in [3.05, 3.63) is 42.1 Å². The van der Waals surface area contributed by atoms with E-state index in [0.717, 1.165) is 29.4 Å². The molecule has 2 rings (SSSR count). The number of thiocarbonyl (C=S) groups is 1. The van der Waals surface area contributed by atoms with Gasteiger partial charge in [0.2, 0.25) is 0 Å². The van der Waals surface area contributed by atoms with Crippen molar-refractivity contribution in [2.45, 2.75) is 19.9 Å². The van der Waals surface area contributed by atoms with Crippen molar-refractivity contribution in [2.24, 2.45) is 0 Å². The van der Waals surface area contributed by atoms with Crippen molar-refractivity contribution < 1.29 is 0 Å². The van der Waals surface area contributed by atoms with Gasteiger partial charge in [0.05, 0.1) is 5.52 Å². The van der Waals surface area contributed by atoms with Crippen LogP contribution in [-0.4, -0.2) is 16.6 Å². The summed E-state index contributed by atoms with van der Waals surface area (Å²) in [5, 5.41) is 8.21. The lowest BCUT2D eigenvalue weighted by Gasteiger charge is -2.10. The lowest BCUT2D eigenvalue weighted by Crippen LogP contribution is -2.35. The fourth-order valence-corrected chi connectivity index (χ4v) is 1.96. The molecule has 0 atom stereocenters. The van der Waals surface area contributed by atoms with Gasteiger partial charge in [0.15, 0.2) is 5.11 Å². The standard InChI is InChI=1S/C14H17N3S/c1-2-8-16-14(18)17-10-12-6-3-5-11-7-4-9-15-13(11)12/h3-7,9H,2,8,10H2,1H3,(H2,16,17,18). The minimum Gasteiger partial charge on any atom is -0.363 e. The zero-order valence-electron chi connectivity index (χ0n) is 10.4. The van der Waals surface area contributed by atoms with Gasteiger partial charge in [0.25, 0.3) is 0 Å². The monoisotopic (exact) mass is 259 g/mol. The summed E-state index contributed by atoms with van der Waals surface area (Å²) in [6.45, 7) is 3.72. The molecule has 0 radical (unpaired) electrons. The van der Waals surface area contributed by atoms with Crippen LogP contribution < -0.4 is 10.6 Å². The summed E-state index contributed by atoms with van der Waals surface area (Å²) >= 11 is 5.20. The molecule has 0 bridgehead atoms. The zero-order valence-corrected chi connectivity index (χ0v) is 11.3.